The SMILES string of the molecule is Cc1nc(SCC(=O)Nc2ccc(Br)cc2)c2ccccc2n1. The van der Waals surface area contributed by atoms with Gasteiger partial charge in [0.25, 0.3) is 0 Å². The molecule has 1 N–H and O–H groups in total. The fourth-order valence-corrected chi connectivity index (χ4v) is 3.26. The highest BCUT2D eigenvalue weighted by Gasteiger charge is 2.09. The third-order valence-electron chi connectivity index (χ3n) is 3.15. The number of aryl methyl sites for hydroxylation is 1. The van der Waals surface area contributed by atoms with Crippen LogP contribution in [0.1, 0.15) is 5.82 Å². The standard InChI is InChI=1S/C17H14BrN3OS/c1-11-19-15-5-3-2-4-14(15)17(20-11)23-10-16(22)21-13-8-6-12(18)7-9-13/h2-9H,10H2,1H3,(H,21,22). The first-order valence-corrected chi connectivity index (χ1v) is 8.81. The number of carbonyl (C=O) groups excluding carboxylic acids is 1. The van der Waals surface area contributed by atoms with E-state index >= 15 is 0 Å². The van der Waals surface area contributed by atoms with Gasteiger partial charge >= 0.3 is 0 Å². The summed E-state index contributed by atoms with van der Waals surface area (Å²) in [6.45, 7) is 1.86. The van der Waals surface area contributed by atoms with Crippen LogP contribution in [0.5, 0.6) is 0 Å². The van der Waals surface area contributed by atoms with Crippen molar-refractivity contribution in [3.05, 3.63) is 58.8 Å². The molecule has 1 heterocycles. The molecule has 3 aromatic rings. The van der Waals surface area contributed by atoms with Crippen molar-refractivity contribution in [2.75, 3.05) is 11.1 Å². The third kappa shape index (κ3) is 4.09. The Morgan fingerprint density at radius 3 is 2.65 bits per heavy atom. The average molecular weight is 388 g/mol. The number of fused-ring (bicyclic) bond motifs is 1. The van der Waals surface area contributed by atoms with E-state index in [1.165, 1.54) is 11.8 Å². The van der Waals surface area contributed by atoms with E-state index < -0.39 is 0 Å². The summed E-state index contributed by atoms with van der Waals surface area (Å²) in [5, 5.41) is 4.68. The second-order valence-electron chi connectivity index (χ2n) is 4.94. The van der Waals surface area contributed by atoms with Gasteiger partial charge in [-0.2, -0.15) is 0 Å². The van der Waals surface area contributed by atoms with Crippen molar-refractivity contribution < 1.29 is 4.79 Å². The second kappa shape index (κ2) is 7.10. The molecule has 4 nitrogen and oxygen atoms in total. The van der Waals surface area contributed by atoms with Gasteiger partial charge < -0.3 is 5.32 Å². The lowest BCUT2D eigenvalue weighted by molar-refractivity contribution is -0.113. The molecule has 23 heavy (non-hydrogen) atoms. The number of carbonyl (C=O) groups is 1. The Morgan fingerprint density at radius 2 is 1.87 bits per heavy atom. The highest BCUT2D eigenvalue weighted by atomic mass is 79.9. The monoisotopic (exact) mass is 387 g/mol. The molecule has 0 aliphatic heterocycles. The lowest BCUT2D eigenvalue weighted by Crippen LogP contribution is -2.14. The van der Waals surface area contributed by atoms with E-state index in [2.05, 4.69) is 31.2 Å². The number of hydrogen-bond acceptors (Lipinski definition) is 4. The Balaban J connectivity index is 1.70. The molecule has 0 saturated carbocycles. The Labute approximate surface area is 146 Å². The predicted octanol–water partition coefficient (Wildman–Crippen LogP) is 4.43. The third-order valence-corrected chi connectivity index (χ3v) is 4.67. The van der Waals surface area contributed by atoms with E-state index in [-0.39, 0.29) is 5.91 Å². The smallest absolute Gasteiger partial charge is 0.234 e. The summed E-state index contributed by atoms with van der Waals surface area (Å²) in [6, 6.07) is 15.3. The maximum Gasteiger partial charge on any atom is 0.234 e. The lowest BCUT2D eigenvalue weighted by atomic mass is 10.2. The number of anilines is 1. The van der Waals surface area contributed by atoms with Crippen LogP contribution in [0.15, 0.2) is 58.0 Å². The summed E-state index contributed by atoms with van der Waals surface area (Å²) in [4.78, 5) is 21.0. The first-order chi connectivity index (χ1) is 11.1. The number of amides is 1. The zero-order chi connectivity index (χ0) is 16.2. The molecule has 0 saturated heterocycles. The highest BCUT2D eigenvalue weighted by molar-refractivity contribution is 9.10. The predicted molar refractivity (Wildman–Crippen MR) is 97.8 cm³/mol. The van der Waals surface area contributed by atoms with Crippen LogP contribution in [0.3, 0.4) is 0 Å². The van der Waals surface area contributed by atoms with Gasteiger partial charge in [0.05, 0.1) is 11.3 Å². The van der Waals surface area contributed by atoms with Gasteiger partial charge in [0.1, 0.15) is 10.9 Å². The van der Waals surface area contributed by atoms with Gasteiger partial charge in [-0.15, -0.1) is 0 Å². The van der Waals surface area contributed by atoms with Crippen LogP contribution in [0.25, 0.3) is 10.9 Å². The quantitative estimate of drug-likeness (QED) is 0.531. The highest BCUT2D eigenvalue weighted by Crippen LogP contribution is 2.25. The minimum absolute atomic E-state index is 0.0577. The number of nitrogens with zero attached hydrogens (tertiary/aromatic N) is 2. The summed E-state index contributed by atoms with van der Waals surface area (Å²) in [7, 11) is 0. The number of nitrogens with one attached hydrogen (secondary N) is 1. The van der Waals surface area contributed by atoms with Crippen molar-refractivity contribution in [1.29, 1.82) is 0 Å². The number of thioether (sulfide) groups is 1. The van der Waals surface area contributed by atoms with Gasteiger partial charge in [0, 0.05) is 15.5 Å². The first kappa shape index (κ1) is 16.0. The molecule has 6 heteroatoms. The molecule has 0 aliphatic carbocycles. The van der Waals surface area contributed by atoms with Crippen molar-refractivity contribution in [1.82, 2.24) is 9.97 Å². The second-order valence-corrected chi connectivity index (χ2v) is 6.82. The zero-order valence-electron chi connectivity index (χ0n) is 12.4. The number of halogens is 1. The van der Waals surface area contributed by atoms with Gasteiger partial charge in [-0.25, -0.2) is 9.97 Å². The molecule has 1 aromatic heterocycles. The normalized spacial score (nSPS) is 10.7. The van der Waals surface area contributed by atoms with Crippen LogP contribution in [-0.4, -0.2) is 21.6 Å². The number of para-hydroxylation sites is 1. The van der Waals surface area contributed by atoms with Crippen molar-refractivity contribution in [3.63, 3.8) is 0 Å². The molecule has 0 aliphatic rings. The molecule has 116 valence electrons. The first-order valence-electron chi connectivity index (χ1n) is 7.03. The largest absolute Gasteiger partial charge is 0.325 e. The minimum atomic E-state index is -0.0577. The van der Waals surface area contributed by atoms with Gasteiger partial charge in [-0.3, -0.25) is 4.79 Å². The summed E-state index contributed by atoms with van der Waals surface area (Å²) in [6.07, 6.45) is 0. The molecule has 2 aromatic carbocycles. The van der Waals surface area contributed by atoms with E-state index in [9.17, 15) is 4.79 Å². The molecule has 0 bridgehead atoms. The molecule has 0 atom stereocenters. The molecular weight excluding hydrogens is 374 g/mol. The molecule has 0 radical (unpaired) electrons. The maximum absolute atomic E-state index is 12.1. The maximum atomic E-state index is 12.1. The molecule has 1 amide bonds. The Morgan fingerprint density at radius 1 is 1.13 bits per heavy atom. The summed E-state index contributed by atoms with van der Waals surface area (Å²) in [5.41, 5.74) is 1.68. The van der Waals surface area contributed by atoms with Crippen molar-refractivity contribution in [3.8, 4) is 0 Å². The summed E-state index contributed by atoms with van der Waals surface area (Å²) in [5.74, 6) is 0.952. The van der Waals surface area contributed by atoms with Crippen LogP contribution < -0.4 is 5.32 Å². The van der Waals surface area contributed by atoms with Crippen LogP contribution in [0, 0.1) is 6.92 Å². The molecule has 0 unspecified atom stereocenters. The number of rotatable bonds is 4. The van der Waals surface area contributed by atoms with E-state index in [1.807, 2.05) is 55.5 Å². The van der Waals surface area contributed by atoms with Crippen LogP contribution >= 0.6 is 27.7 Å². The van der Waals surface area contributed by atoms with Gasteiger partial charge in [0.15, 0.2) is 0 Å². The lowest BCUT2D eigenvalue weighted by Gasteiger charge is -2.07. The number of hydrogen-bond donors (Lipinski definition) is 1. The fourth-order valence-electron chi connectivity index (χ4n) is 2.13. The average Bonchev–Trinajstić information content (AvgIpc) is 2.54. The van der Waals surface area contributed by atoms with Crippen molar-refractivity contribution >= 4 is 50.2 Å². The number of aromatic nitrogens is 2. The minimum Gasteiger partial charge on any atom is -0.325 e. The summed E-state index contributed by atoms with van der Waals surface area (Å²) < 4.78 is 0.979. The Bertz CT molecular complexity index is 852. The van der Waals surface area contributed by atoms with E-state index in [0.717, 1.165) is 26.1 Å². The van der Waals surface area contributed by atoms with Gasteiger partial charge in [-0.05, 0) is 37.3 Å². The van der Waals surface area contributed by atoms with E-state index in [1.54, 1.807) is 0 Å². The van der Waals surface area contributed by atoms with Crippen LogP contribution in [0.4, 0.5) is 5.69 Å². The summed E-state index contributed by atoms with van der Waals surface area (Å²) >= 11 is 4.79. The van der Waals surface area contributed by atoms with E-state index in [4.69, 9.17) is 0 Å². The Hall–Kier alpha value is -1.92. The molecule has 0 spiro atoms. The zero-order valence-corrected chi connectivity index (χ0v) is 14.8. The molecular formula is C17H14BrN3OS. The number of benzene rings is 2. The van der Waals surface area contributed by atoms with Gasteiger partial charge in [0.2, 0.25) is 5.91 Å². The van der Waals surface area contributed by atoms with Gasteiger partial charge in [-0.1, -0.05) is 45.9 Å². The van der Waals surface area contributed by atoms with Crippen molar-refractivity contribution in [2.45, 2.75) is 11.9 Å². The Kier molecular flexibility index (Phi) is 4.93. The van der Waals surface area contributed by atoms with Crippen LogP contribution in [0.2, 0.25) is 0 Å². The topological polar surface area (TPSA) is 54.9 Å². The molecule has 3 rings (SSSR count). The molecule has 0 fully saturated rings. The van der Waals surface area contributed by atoms with E-state index in [0.29, 0.717) is 11.6 Å². The van der Waals surface area contributed by atoms with Crippen LogP contribution in [-0.2, 0) is 4.79 Å². The fraction of sp³-hybridized carbons (Fsp3) is 0.118. The van der Waals surface area contributed by atoms with Crippen molar-refractivity contribution in [2.24, 2.45) is 0 Å².